The normalized spacial score (nSPS) is 9.55. The van der Waals surface area contributed by atoms with Gasteiger partial charge < -0.3 is 10.1 Å². The van der Waals surface area contributed by atoms with E-state index in [1.807, 2.05) is 0 Å². The molecule has 0 heterocycles. The van der Waals surface area contributed by atoms with E-state index in [4.69, 9.17) is 0 Å². The zero-order valence-electron chi connectivity index (χ0n) is 7.55. The fraction of sp³-hybridized carbons (Fsp3) is 0.667. The number of terminal acetylenes is 1. The molecule has 0 aliphatic heterocycles. The molecule has 0 fully saturated rings. The molecule has 0 saturated carbocycles. The van der Waals surface area contributed by atoms with E-state index in [1.165, 1.54) is 0 Å². The summed E-state index contributed by atoms with van der Waals surface area (Å²) in [6.45, 7) is 7.75. The van der Waals surface area contributed by atoms with Gasteiger partial charge in [0.05, 0.1) is 6.54 Å². The van der Waals surface area contributed by atoms with E-state index in [0.29, 0.717) is 6.54 Å². The maximum absolute atomic E-state index is 9.83. The smallest absolute Gasteiger partial charge is 0.133 e. The van der Waals surface area contributed by atoms with E-state index in [1.54, 1.807) is 0 Å². The molecular formula is C9H17NO. The second-order valence-corrected chi connectivity index (χ2v) is 3.36. The summed E-state index contributed by atoms with van der Waals surface area (Å²) in [7, 11) is 0. The van der Waals surface area contributed by atoms with Crippen molar-refractivity contribution in [3.05, 3.63) is 0 Å². The van der Waals surface area contributed by atoms with Gasteiger partial charge in [0, 0.05) is 6.54 Å². The molecule has 2 heteroatoms. The van der Waals surface area contributed by atoms with Crippen molar-refractivity contribution in [2.45, 2.75) is 20.8 Å². The van der Waals surface area contributed by atoms with Crippen molar-refractivity contribution in [2.24, 2.45) is 5.41 Å². The predicted molar refractivity (Wildman–Crippen MR) is 48.3 cm³/mol. The minimum absolute atomic E-state index is 0.281. The fourth-order valence-electron chi connectivity index (χ4n) is 0.506. The van der Waals surface area contributed by atoms with Crippen LogP contribution in [0.4, 0.5) is 0 Å². The minimum Gasteiger partial charge on any atom is -0.310 e. The van der Waals surface area contributed by atoms with Gasteiger partial charge in [-0.05, 0) is 5.41 Å². The summed E-state index contributed by atoms with van der Waals surface area (Å²) in [6, 6.07) is 0. The van der Waals surface area contributed by atoms with Crippen LogP contribution in [-0.4, -0.2) is 19.4 Å². The maximum Gasteiger partial charge on any atom is 0.133 e. The fourth-order valence-corrected chi connectivity index (χ4v) is 0.506. The van der Waals surface area contributed by atoms with Crippen molar-refractivity contribution in [2.75, 3.05) is 13.1 Å². The third-order valence-electron chi connectivity index (χ3n) is 0.883. The maximum atomic E-state index is 9.83. The molecule has 0 aromatic rings. The molecule has 0 saturated heterocycles. The van der Waals surface area contributed by atoms with Gasteiger partial charge >= 0.3 is 0 Å². The topological polar surface area (TPSA) is 29.1 Å². The van der Waals surface area contributed by atoms with Gasteiger partial charge in [0.15, 0.2) is 0 Å². The van der Waals surface area contributed by atoms with E-state index in [9.17, 15) is 4.79 Å². The number of hydrogen-bond acceptors (Lipinski definition) is 2. The number of rotatable bonds is 3. The van der Waals surface area contributed by atoms with Crippen molar-refractivity contribution < 1.29 is 4.79 Å². The highest BCUT2D eigenvalue weighted by Crippen LogP contribution is 2.09. The van der Waals surface area contributed by atoms with Crippen molar-refractivity contribution in [1.82, 2.24) is 5.32 Å². The Bertz CT molecular complexity index is 110. The number of aldehydes is 1. The highest BCUT2D eigenvalue weighted by molar-refractivity contribution is 5.51. The van der Waals surface area contributed by atoms with Gasteiger partial charge in [-0.3, -0.25) is 0 Å². The van der Waals surface area contributed by atoms with Gasteiger partial charge in [-0.1, -0.05) is 20.8 Å². The lowest BCUT2D eigenvalue weighted by Crippen LogP contribution is -2.28. The Labute approximate surface area is 69.4 Å². The van der Waals surface area contributed by atoms with Crippen LogP contribution in [0.1, 0.15) is 20.8 Å². The zero-order valence-corrected chi connectivity index (χ0v) is 7.55. The molecule has 0 spiro atoms. The van der Waals surface area contributed by atoms with Gasteiger partial charge in [0.1, 0.15) is 6.29 Å². The third kappa shape index (κ3) is 17.6. The van der Waals surface area contributed by atoms with E-state index >= 15 is 0 Å². The molecule has 11 heavy (non-hydrogen) atoms. The monoisotopic (exact) mass is 155 g/mol. The summed E-state index contributed by atoms with van der Waals surface area (Å²) in [5.41, 5.74) is 0.281. The summed E-state index contributed by atoms with van der Waals surface area (Å²) in [5.74, 6) is 0. The minimum atomic E-state index is 0.281. The summed E-state index contributed by atoms with van der Waals surface area (Å²) >= 11 is 0. The van der Waals surface area contributed by atoms with Crippen LogP contribution in [0.5, 0.6) is 0 Å². The Morgan fingerprint density at radius 3 is 2.09 bits per heavy atom. The summed E-state index contributed by atoms with van der Waals surface area (Å²) in [6.07, 6.45) is 8.88. The largest absolute Gasteiger partial charge is 0.310 e. The lowest BCUT2D eigenvalue weighted by molar-refractivity contribution is -0.107. The molecule has 0 aromatic heterocycles. The molecule has 0 unspecified atom stereocenters. The molecule has 0 aliphatic carbocycles. The van der Waals surface area contributed by atoms with Gasteiger partial charge in [0.2, 0.25) is 0 Å². The van der Waals surface area contributed by atoms with Crippen molar-refractivity contribution >= 4 is 6.29 Å². The molecule has 2 nitrogen and oxygen atoms in total. The van der Waals surface area contributed by atoms with Crippen LogP contribution in [0.3, 0.4) is 0 Å². The quantitative estimate of drug-likeness (QED) is 0.375. The van der Waals surface area contributed by atoms with E-state index in [0.717, 1.165) is 12.8 Å². The number of carbonyl (C=O) groups is 1. The average Bonchev–Trinajstić information content (AvgIpc) is 1.90. The van der Waals surface area contributed by atoms with Gasteiger partial charge in [-0.2, -0.15) is 0 Å². The molecule has 0 aliphatic rings. The Morgan fingerprint density at radius 1 is 1.36 bits per heavy atom. The summed E-state index contributed by atoms with van der Waals surface area (Å²) in [4.78, 5) is 9.83. The summed E-state index contributed by atoms with van der Waals surface area (Å²) < 4.78 is 0. The van der Waals surface area contributed by atoms with Crippen molar-refractivity contribution in [1.29, 1.82) is 0 Å². The Hall–Kier alpha value is -0.810. The van der Waals surface area contributed by atoms with Crippen LogP contribution in [0, 0.1) is 18.3 Å². The van der Waals surface area contributed by atoms with Crippen LogP contribution < -0.4 is 5.32 Å². The molecule has 0 bridgehead atoms. The van der Waals surface area contributed by atoms with Crippen molar-refractivity contribution in [3.63, 3.8) is 0 Å². The van der Waals surface area contributed by atoms with Gasteiger partial charge in [-0.25, -0.2) is 0 Å². The molecule has 0 radical (unpaired) electrons. The Morgan fingerprint density at radius 2 is 1.82 bits per heavy atom. The highest BCUT2D eigenvalue weighted by atomic mass is 16.1. The predicted octanol–water partition coefficient (Wildman–Crippen LogP) is 1.07. The third-order valence-corrected chi connectivity index (χ3v) is 0.883. The lowest BCUT2D eigenvalue weighted by Gasteiger charge is -2.17. The molecule has 1 N–H and O–H groups in total. The highest BCUT2D eigenvalue weighted by Gasteiger charge is 2.07. The number of hydrogen-bond donors (Lipinski definition) is 1. The average molecular weight is 155 g/mol. The van der Waals surface area contributed by atoms with E-state index < -0.39 is 0 Å². The SMILES string of the molecule is C#C.CC(C)(C)CNCC=O. The van der Waals surface area contributed by atoms with Gasteiger partial charge in [0.25, 0.3) is 0 Å². The molecule has 64 valence electrons. The molecular weight excluding hydrogens is 138 g/mol. The lowest BCUT2D eigenvalue weighted by atomic mass is 9.97. The Kier molecular flexibility index (Phi) is 8.51. The first-order chi connectivity index (χ1) is 5.06. The number of nitrogens with one attached hydrogen (secondary N) is 1. The first kappa shape index (κ1) is 12.8. The van der Waals surface area contributed by atoms with Crippen molar-refractivity contribution in [3.8, 4) is 12.8 Å². The number of carbonyl (C=O) groups excluding carboxylic acids is 1. The van der Waals surface area contributed by atoms with Crippen LogP contribution in [0.15, 0.2) is 0 Å². The molecule has 0 aromatic carbocycles. The first-order valence-electron chi connectivity index (χ1n) is 3.54. The summed E-state index contributed by atoms with van der Waals surface area (Å²) in [5, 5.41) is 3.01. The molecule has 0 rings (SSSR count). The Balaban J connectivity index is 0. The van der Waals surface area contributed by atoms with E-state index in [-0.39, 0.29) is 5.41 Å². The van der Waals surface area contributed by atoms with Crippen LogP contribution in [0.25, 0.3) is 0 Å². The molecule has 0 amide bonds. The van der Waals surface area contributed by atoms with Crippen LogP contribution >= 0.6 is 0 Å². The molecule has 0 atom stereocenters. The van der Waals surface area contributed by atoms with Crippen LogP contribution in [-0.2, 0) is 4.79 Å². The second-order valence-electron chi connectivity index (χ2n) is 3.36. The van der Waals surface area contributed by atoms with Gasteiger partial charge in [-0.15, -0.1) is 12.8 Å². The first-order valence-corrected chi connectivity index (χ1v) is 3.54. The van der Waals surface area contributed by atoms with Crippen LogP contribution in [0.2, 0.25) is 0 Å². The second kappa shape index (κ2) is 7.30. The van der Waals surface area contributed by atoms with E-state index in [2.05, 4.69) is 38.9 Å². The standard InChI is InChI=1S/C7H15NO.C2H2/c1-7(2,3)6-8-4-5-9;1-2/h5,8H,4,6H2,1-3H3;1-2H. The zero-order chi connectivity index (χ0) is 9.33.